The Balaban J connectivity index is 3.05. The van der Waals surface area contributed by atoms with E-state index in [9.17, 15) is 8.42 Å². The molecule has 0 aliphatic rings. The SMILES string of the molecule is CCCN(CCN(C)C)S(=O)(=O)c1cc(CN)sc1C. The van der Waals surface area contributed by atoms with Crippen LogP contribution in [0.4, 0.5) is 0 Å². The fourth-order valence-electron chi connectivity index (χ4n) is 1.93. The second-order valence-electron chi connectivity index (χ2n) is 5.04. The summed E-state index contributed by atoms with van der Waals surface area (Å²) in [5, 5.41) is 0. The summed E-state index contributed by atoms with van der Waals surface area (Å²) in [6, 6.07) is 1.72. The van der Waals surface area contributed by atoms with Crippen molar-refractivity contribution in [2.24, 2.45) is 5.73 Å². The molecule has 0 bridgehead atoms. The summed E-state index contributed by atoms with van der Waals surface area (Å²) in [5.74, 6) is 0. The Hall–Kier alpha value is -0.470. The Morgan fingerprint density at radius 3 is 2.35 bits per heavy atom. The lowest BCUT2D eigenvalue weighted by Crippen LogP contribution is -2.37. The number of nitrogens with two attached hydrogens (primary N) is 1. The van der Waals surface area contributed by atoms with Crippen LogP contribution in [0.15, 0.2) is 11.0 Å². The van der Waals surface area contributed by atoms with Gasteiger partial charge in [-0.3, -0.25) is 0 Å². The molecule has 0 radical (unpaired) electrons. The van der Waals surface area contributed by atoms with Gasteiger partial charge in [-0.25, -0.2) is 8.42 Å². The molecule has 0 aliphatic heterocycles. The molecule has 0 saturated carbocycles. The number of rotatable bonds is 8. The predicted octanol–water partition coefficient (Wildman–Crippen LogP) is 1.48. The van der Waals surface area contributed by atoms with Gasteiger partial charge in [0, 0.05) is 35.9 Å². The Labute approximate surface area is 126 Å². The third kappa shape index (κ3) is 4.26. The number of hydrogen-bond donors (Lipinski definition) is 1. The van der Waals surface area contributed by atoms with E-state index in [2.05, 4.69) is 0 Å². The van der Waals surface area contributed by atoms with Crippen molar-refractivity contribution >= 4 is 21.4 Å². The molecule has 2 N–H and O–H groups in total. The van der Waals surface area contributed by atoms with Crippen LogP contribution in [0.2, 0.25) is 0 Å². The van der Waals surface area contributed by atoms with E-state index in [0.717, 1.165) is 16.2 Å². The lowest BCUT2D eigenvalue weighted by molar-refractivity contribution is 0.333. The molecule has 0 atom stereocenters. The number of aryl methyl sites for hydroxylation is 1. The van der Waals surface area contributed by atoms with Gasteiger partial charge in [0.05, 0.1) is 4.90 Å². The molecule has 7 heteroatoms. The van der Waals surface area contributed by atoms with E-state index < -0.39 is 10.0 Å². The summed E-state index contributed by atoms with van der Waals surface area (Å²) in [7, 11) is 0.470. The third-order valence-corrected chi connectivity index (χ3v) is 6.24. The van der Waals surface area contributed by atoms with Crippen LogP contribution in [0, 0.1) is 6.92 Å². The van der Waals surface area contributed by atoms with Crippen molar-refractivity contribution in [1.29, 1.82) is 0 Å². The molecule has 0 amide bonds. The van der Waals surface area contributed by atoms with Crippen molar-refractivity contribution in [2.75, 3.05) is 33.7 Å². The van der Waals surface area contributed by atoms with Crippen LogP contribution in [0.5, 0.6) is 0 Å². The van der Waals surface area contributed by atoms with Gasteiger partial charge in [0.1, 0.15) is 0 Å². The maximum absolute atomic E-state index is 12.8. The molecule has 0 fully saturated rings. The number of hydrogen-bond acceptors (Lipinski definition) is 5. The van der Waals surface area contributed by atoms with Crippen LogP contribution >= 0.6 is 11.3 Å². The van der Waals surface area contributed by atoms with Crippen LogP contribution < -0.4 is 5.73 Å². The van der Waals surface area contributed by atoms with Crippen LogP contribution in [-0.2, 0) is 16.6 Å². The minimum absolute atomic E-state index is 0.381. The van der Waals surface area contributed by atoms with Crippen molar-refractivity contribution in [1.82, 2.24) is 9.21 Å². The highest BCUT2D eigenvalue weighted by atomic mass is 32.2. The smallest absolute Gasteiger partial charge is 0.244 e. The van der Waals surface area contributed by atoms with Crippen LogP contribution in [-0.4, -0.2) is 51.4 Å². The first-order valence-electron chi connectivity index (χ1n) is 6.77. The zero-order chi connectivity index (χ0) is 15.3. The number of sulfonamides is 1. The molecule has 1 aromatic heterocycles. The highest BCUT2D eigenvalue weighted by Gasteiger charge is 2.26. The predicted molar refractivity (Wildman–Crippen MR) is 84.6 cm³/mol. The first-order valence-corrected chi connectivity index (χ1v) is 9.02. The van der Waals surface area contributed by atoms with Gasteiger partial charge in [-0.05, 0) is 33.5 Å². The van der Waals surface area contributed by atoms with E-state index >= 15 is 0 Å². The summed E-state index contributed by atoms with van der Waals surface area (Å²) >= 11 is 1.46. The molecule has 20 heavy (non-hydrogen) atoms. The van der Waals surface area contributed by atoms with Crippen LogP contribution in [0.1, 0.15) is 23.1 Å². The molecular weight excluding hydrogens is 294 g/mol. The van der Waals surface area contributed by atoms with Gasteiger partial charge in [-0.1, -0.05) is 6.92 Å². The largest absolute Gasteiger partial charge is 0.326 e. The molecule has 0 spiro atoms. The minimum atomic E-state index is -3.42. The maximum atomic E-state index is 12.8. The summed E-state index contributed by atoms with van der Waals surface area (Å²) in [4.78, 5) is 4.13. The van der Waals surface area contributed by atoms with Gasteiger partial charge in [-0.15, -0.1) is 11.3 Å². The first-order chi connectivity index (χ1) is 9.32. The van der Waals surface area contributed by atoms with Gasteiger partial charge in [-0.2, -0.15) is 4.31 Å². The fraction of sp³-hybridized carbons (Fsp3) is 0.692. The normalized spacial score (nSPS) is 12.6. The molecular formula is C13H25N3O2S2. The second kappa shape index (κ2) is 7.51. The summed E-state index contributed by atoms with van der Waals surface area (Å²) < 4.78 is 27.1. The van der Waals surface area contributed by atoms with Gasteiger partial charge in [0.15, 0.2) is 0 Å². The lowest BCUT2D eigenvalue weighted by atomic mass is 10.4. The Morgan fingerprint density at radius 2 is 1.90 bits per heavy atom. The monoisotopic (exact) mass is 319 g/mol. The van der Waals surface area contributed by atoms with E-state index in [1.54, 1.807) is 10.4 Å². The minimum Gasteiger partial charge on any atom is -0.326 e. The van der Waals surface area contributed by atoms with Crippen molar-refractivity contribution in [3.63, 3.8) is 0 Å². The van der Waals surface area contributed by atoms with Gasteiger partial charge < -0.3 is 10.6 Å². The zero-order valence-electron chi connectivity index (χ0n) is 12.7. The molecule has 0 unspecified atom stereocenters. The van der Waals surface area contributed by atoms with E-state index in [-0.39, 0.29) is 0 Å². The highest BCUT2D eigenvalue weighted by molar-refractivity contribution is 7.89. The molecule has 1 aromatic rings. The standard InChI is InChI=1S/C13H25N3O2S2/c1-5-6-16(8-7-15(3)4)20(17,18)13-9-12(10-14)19-11(13)2/h9H,5-8,10,14H2,1-4H3. The Bertz CT molecular complexity index is 524. The lowest BCUT2D eigenvalue weighted by Gasteiger charge is -2.23. The second-order valence-corrected chi connectivity index (χ2v) is 8.29. The van der Waals surface area contributed by atoms with Gasteiger partial charge >= 0.3 is 0 Å². The molecule has 0 aromatic carbocycles. The van der Waals surface area contributed by atoms with Gasteiger partial charge in [0.2, 0.25) is 10.0 Å². The molecule has 0 saturated heterocycles. The number of nitrogens with zero attached hydrogens (tertiary/aromatic N) is 2. The van der Waals surface area contributed by atoms with E-state index in [1.807, 2.05) is 32.8 Å². The molecule has 0 aliphatic carbocycles. The summed E-state index contributed by atoms with van der Waals surface area (Å²) in [5.41, 5.74) is 5.60. The average Bonchev–Trinajstić information content (AvgIpc) is 2.76. The van der Waals surface area contributed by atoms with Crippen molar-refractivity contribution in [3.8, 4) is 0 Å². The molecule has 5 nitrogen and oxygen atoms in total. The summed E-state index contributed by atoms with van der Waals surface area (Å²) in [6.45, 7) is 5.98. The topological polar surface area (TPSA) is 66.6 Å². The third-order valence-electron chi connectivity index (χ3n) is 3.01. The average molecular weight is 319 g/mol. The van der Waals surface area contributed by atoms with Crippen LogP contribution in [0.25, 0.3) is 0 Å². The number of thiophene rings is 1. The zero-order valence-corrected chi connectivity index (χ0v) is 14.4. The number of likely N-dealkylation sites (N-methyl/N-ethyl adjacent to an activating group) is 1. The molecule has 1 rings (SSSR count). The van der Waals surface area contributed by atoms with E-state index in [1.165, 1.54) is 11.3 Å². The van der Waals surface area contributed by atoms with Gasteiger partial charge in [0.25, 0.3) is 0 Å². The van der Waals surface area contributed by atoms with E-state index in [0.29, 0.717) is 31.1 Å². The Morgan fingerprint density at radius 1 is 1.25 bits per heavy atom. The first kappa shape index (κ1) is 17.6. The highest BCUT2D eigenvalue weighted by Crippen LogP contribution is 2.28. The van der Waals surface area contributed by atoms with E-state index in [4.69, 9.17) is 5.73 Å². The quantitative estimate of drug-likeness (QED) is 0.788. The Kier molecular flexibility index (Phi) is 6.60. The summed E-state index contributed by atoms with van der Waals surface area (Å²) in [6.07, 6.45) is 0.805. The fourth-order valence-corrected chi connectivity index (χ4v) is 4.94. The van der Waals surface area contributed by atoms with Crippen LogP contribution in [0.3, 0.4) is 0 Å². The molecule has 116 valence electrons. The molecule has 1 heterocycles. The van der Waals surface area contributed by atoms with Crippen molar-refractivity contribution in [2.45, 2.75) is 31.7 Å². The van der Waals surface area contributed by atoms with Crippen molar-refractivity contribution in [3.05, 3.63) is 15.8 Å². The maximum Gasteiger partial charge on any atom is 0.244 e. The van der Waals surface area contributed by atoms with Crippen molar-refractivity contribution < 1.29 is 8.42 Å².